The number of furan rings is 1. The summed E-state index contributed by atoms with van der Waals surface area (Å²) in [4.78, 5) is 23.3. The zero-order valence-corrected chi connectivity index (χ0v) is 13.9. The molecule has 1 N–H and O–H groups in total. The van der Waals surface area contributed by atoms with Crippen molar-refractivity contribution < 1.29 is 18.9 Å². The fraction of sp³-hybridized carbons (Fsp3) is 0.105. The van der Waals surface area contributed by atoms with Gasteiger partial charge in [0.05, 0.1) is 18.3 Å². The number of nitro groups is 1. The lowest BCUT2D eigenvalue weighted by Crippen LogP contribution is -2.29. The molecule has 7 nitrogen and oxygen atoms in total. The van der Waals surface area contributed by atoms with Gasteiger partial charge in [-0.25, -0.2) is 0 Å². The average molecular weight is 352 g/mol. The first-order valence-corrected chi connectivity index (χ1v) is 7.82. The molecule has 1 amide bonds. The summed E-state index contributed by atoms with van der Waals surface area (Å²) >= 11 is 0. The van der Waals surface area contributed by atoms with Crippen LogP contribution in [0.3, 0.4) is 0 Å². The van der Waals surface area contributed by atoms with Crippen LogP contribution < -0.4 is 10.1 Å². The summed E-state index contributed by atoms with van der Waals surface area (Å²) in [5.74, 6) is 0.200. The van der Waals surface area contributed by atoms with E-state index in [4.69, 9.17) is 9.15 Å². The van der Waals surface area contributed by atoms with Gasteiger partial charge >= 0.3 is 5.69 Å². The summed E-state index contributed by atoms with van der Waals surface area (Å²) in [7, 11) is 1.34. The number of rotatable bonds is 6. The minimum Gasteiger partial charge on any atom is -0.490 e. The number of methoxy groups -OCH3 is 1. The molecule has 1 aromatic heterocycles. The fourth-order valence-electron chi connectivity index (χ4n) is 2.61. The molecule has 0 spiro atoms. The molecule has 26 heavy (non-hydrogen) atoms. The molecule has 132 valence electrons. The van der Waals surface area contributed by atoms with E-state index in [1.165, 1.54) is 31.6 Å². The Morgan fingerprint density at radius 2 is 1.92 bits per heavy atom. The van der Waals surface area contributed by atoms with Crippen LogP contribution in [0, 0.1) is 10.1 Å². The van der Waals surface area contributed by atoms with Crippen molar-refractivity contribution in [3.8, 4) is 5.75 Å². The van der Waals surface area contributed by atoms with Crippen LogP contribution in [0.2, 0.25) is 0 Å². The van der Waals surface area contributed by atoms with E-state index in [1.807, 2.05) is 30.3 Å². The highest BCUT2D eigenvalue weighted by molar-refractivity contribution is 5.95. The fourth-order valence-corrected chi connectivity index (χ4v) is 2.61. The Labute approximate surface area is 149 Å². The van der Waals surface area contributed by atoms with Crippen LogP contribution in [0.4, 0.5) is 5.69 Å². The number of carbonyl (C=O) groups excluding carboxylic acids is 1. The Kier molecular flexibility index (Phi) is 4.98. The van der Waals surface area contributed by atoms with Gasteiger partial charge in [-0.3, -0.25) is 14.9 Å². The molecule has 0 fully saturated rings. The van der Waals surface area contributed by atoms with E-state index in [-0.39, 0.29) is 17.0 Å². The SMILES string of the molecule is COc1ccc(C(=O)N[C@H](c2ccccc2)c2ccco2)cc1[N+](=O)[O-]. The maximum absolute atomic E-state index is 12.7. The van der Waals surface area contributed by atoms with E-state index in [0.717, 1.165) is 5.56 Å². The summed E-state index contributed by atoms with van der Waals surface area (Å²) in [6.45, 7) is 0. The van der Waals surface area contributed by atoms with Gasteiger partial charge in [0.15, 0.2) is 5.75 Å². The van der Waals surface area contributed by atoms with Crippen molar-refractivity contribution in [1.29, 1.82) is 0 Å². The molecule has 0 aliphatic heterocycles. The number of carbonyl (C=O) groups is 1. The molecular weight excluding hydrogens is 336 g/mol. The van der Waals surface area contributed by atoms with Gasteiger partial charge in [-0.15, -0.1) is 0 Å². The normalized spacial score (nSPS) is 11.6. The third-order valence-electron chi connectivity index (χ3n) is 3.87. The van der Waals surface area contributed by atoms with E-state index in [1.54, 1.807) is 12.1 Å². The van der Waals surface area contributed by atoms with Gasteiger partial charge in [0, 0.05) is 11.6 Å². The summed E-state index contributed by atoms with van der Waals surface area (Å²) in [5, 5.41) is 14.0. The highest BCUT2D eigenvalue weighted by Gasteiger charge is 2.23. The maximum atomic E-state index is 12.7. The summed E-state index contributed by atoms with van der Waals surface area (Å²) in [6, 6.07) is 16.4. The predicted molar refractivity (Wildman–Crippen MR) is 94.1 cm³/mol. The lowest BCUT2D eigenvalue weighted by Gasteiger charge is -2.17. The molecule has 1 heterocycles. The number of benzene rings is 2. The van der Waals surface area contributed by atoms with E-state index >= 15 is 0 Å². The number of nitrogens with zero attached hydrogens (tertiary/aromatic N) is 1. The Morgan fingerprint density at radius 3 is 2.54 bits per heavy atom. The third kappa shape index (κ3) is 3.56. The van der Waals surface area contributed by atoms with Crippen molar-refractivity contribution in [2.75, 3.05) is 7.11 Å². The van der Waals surface area contributed by atoms with Crippen LogP contribution in [0.15, 0.2) is 71.3 Å². The second kappa shape index (κ2) is 7.52. The molecule has 7 heteroatoms. The summed E-state index contributed by atoms with van der Waals surface area (Å²) < 4.78 is 10.4. The molecule has 2 aromatic carbocycles. The summed E-state index contributed by atoms with van der Waals surface area (Å²) in [5.41, 5.74) is 0.721. The van der Waals surface area contributed by atoms with Crippen LogP contribution >= 0.6 is 0 Å². The first-order valence-electron chi connectivity index (χ1n) is 7.82. The zero-order chi connectivity index (χ0) is 18.5. The monoisotopic (exact) mass is 352 g/mol. The minimum absolute atomic E-state index is 0.0946. The molecule has 0 saturated carbocycles. The highest BCUT2D eigenvalue weighted by Crippen LogP contribution is 2.28. The van der Waals surface area contributed by atoms with Crippen molar-refractivity contribution >= 4 is 11.6 Å². The van der Waals surface area contributed by atoms with Crippen LogP contribution in [0.25, 0.3) is 0 Å². The predicted octanol–water partition coefficient (Wildman–Crippen LogP) is 3.72. The Morgan fingerprint density at radius 1 is 1.15 bits per heavy atom. The van der Waals surface area contributed by atoms with Gasteiger partial charge in [-0.05, 0) is 29.8 Å². The average Bonchev–Trinajstić information content (AvgIpc) is 3.20. The van der Waals surface area contributed by atoms with Crippen molar-refractivity contribution in [2.45, 2.75) is 6.04 Å². The molecule has 3 rings (SSSR count). The first-order chi connectivity index (χ1) is 12.6. The summed E-state index contributed by atoms with van der Waals surface area (Å²) in [6.07, 6.45) is 1.52. The van der Waals surface area contributed by atoms with Crippen molar-refractivity contribution in [1.82, 2.24) is 5.32 Å². The highest BCUT2D eigenvalue weighted by atomic mass is 16.6. The number of nitrogens with one attached hydrogen (secondary N) is 1. The Hall–Kier alpha value is -3.61. The maximum Gasteiger partial charge on any atom is 0.311 e. The van der Waals surface area contributed by atoms with Gasteiger partial charge in [0.25, 0.3) is 5.91 Å². The van der Waals surface area contributed by atoms with Crippen molar-refractivity contribution in [3.05, 3.63) is 93.9 Å². The van der Waals surface area contributed by atoms with Crippen molar-refractivity contribution in [2.24, 2.45) is 0 Å². The molecule has 0 aliphatic carbocycles. The van der Waals surface area contributed by atoms with Gasteiger partial charge in [-0.2, -0.15) is 0 Å². The molecule has 0 unspecified atom stereocenters. The van der Waals surface area contributed by atoms with Crippen LogP contribution in [-0.2, 0) is 0 Å². The molecule has 0 aliphatic rings. The topological polar surface area (TPSA) is 94.6 Å². The van der Waals surface area contributed by atoms with Crippen LogP contribution in [-0.4, -0.2) is 17.9 Å². The van der Waals surface area contributed by atoms with Crippen molar-refractivity contribution in [3.63, 3.8) is 0 Å². The second-order valence-electron chi connectivity index (χ2n) is 5.48. The van der Waals surface area contributed by atoms with Gasteiger partial charge in [-0.1, -0.05) is 30.3 Å². The Balaban J connectivity index is 1.92. The van der Waals surface area contributed by atoms with E-state index in [0.29, 0.717) is 5.76 Å². The number of hydrogen-bond donors (Lipinski definition) is 1. The van der Waals surface area contributed by atoms with Crippen LogP contribution in [0.5, 0.6) is 5.75 Å². The zero-order valence-electron chi connectivity index (χ0n) is 13.9. The molecule has 0 radical (unpaired) electrons. The molecule has 1 atom stereocenters. The largest absolute Gasteiger partial charge is 0.490 e. The number of amides is 1. The Bertz CT molecular complexity index is 907. The van der Waals surface area contributed by atoms with Gasteiger partial charge < -0.3 is 14.5 Å². The molecular formula is C19H16N2O5. The van der Waals surface area contributed by atoms with Gasteiger partial charge in [0.2, 0.25) is 0 Å². The lowest BCUT2D eigenvalue weighted by molar-refractivity contribution is -0.385. The quantitative estimate of drug-likeness (QED) is 0.539. The van der Waals surface area contributed by atoms with E-state index < -0.39 is 16.9 Å². The molecule has 0 saturated heterocycles. The number of hydrogen-bond acceptors (Lipinski definition) is 5. The standard InChI is InChI=1S/C19H16N2O5/c1-25-16-10-9-14(12-15(16)21(23)24)19(22)20-18(17-8-5-11-26-17)13-6-3-2-4-7-13/h2-12,18H,1H3,(H,20,22)/t18-/m1/s1. The number of nitro benzene ring substituents is 1. The smallest absolute Gasteiger partial charge is 0.311 e. The second-order valence-corrected chi connectivity index (χ2v) is 5.48. The minimum atomic E-state index is -0.586. The van der Waals surface area contributed by atoms with E-state index in [2.05, 4.69) is 5.32 Å². The van der Waals surface area contributed by atoms with E-state index in [9.17, 15) is 14.9 Å². The van der Waals surface area contributed by atoms with Gasteiger partial charge in [0.1, 0.15) is 11.8 Å². The lowest BCUT2D eigenvalue weighted by atomic mass is 10.0. The third-order valence-corrected chi connectivity index (χ3v) is 3.87. The number of ether oxygens (including phenoxy) is 1. The molecule has 0 bridgehead atoms. The van der Waals surface area contributed by atoms with Crippen LogP contribution in [0.1, 0.15) is 27.7 Å². The first kappa shape index (κ1) is 17.2. The molecule has 3 aromatic rings.